The van der Waals surface area contributed by atoms with Gasteiger partial charge in [0, 0.05) is 6.07 Å². The minimum Gasteiger partial charge on any atom is -0.455 e. The second-order valence-corrected chi connectivity index (χ2v) is 4.86. The molecule has 0 atom stereocenters. The average Bonchev–Trinajstić information content (AvgIpc) is 2.37. The number of anilines is 1. The molecular weight excluding hydrogens is 333 g/mol. The number of hydrogen-bond acceptors (Lipinski definition) is 2. The van der Waals surface area contributed by atoms with Gasteiger partial charge in [-0.1, -0.05) is 23.2 Å². The van der Waals surface area contributed by atoms with Crippen LogP contribution in [-0.4, -0.2) is 0 Å². The van der Waals surface area contributed by atoms with Crippen molar-refractivity contribution >= 4 is 28.9 Å². The largest absolute Gasteiger partial charge is 0.455 e. The summed E-state index contributed by atoms with van der Waals surface area (Å²) >= 11 is 11.5. The second kappa shape index (κ2) is 5.61. The summed E-state index contributed by atoms with van der Waals surface area (Å²) in [6.07, 6.45) is -4.83. The summed E-state index contributed by atoms with van der Waals surface area (Å²) in [7, 11) is 0. The molecule has 0 bridgehead atoms. The molecule has 2 aromatic rings. The summed E-state index contributed by atoms with van der Waals surface area (Å²) in [5, 5.41) is 0.302. The zero-order valence-electron chi connectivity index (χ0n) is 10.1. The minimum atomic E-state index is -4.83. The van der Waals surface area contributed by atoms with Crippen LogP contribution in [-0.2, 0) is 6.18 Å². The van der Waals surface area contributed by atoms with Crippen molar-refractivity contribution in [2.24, 2.45) is 0 Å². The second-order valence-electron chi connectivity index (χ2n) is 4.05. The number of ether oxygens (including phenoxy) is 1. The van der Waals surface area contributed by atoms with Crippen LogP contribution in [0.4, 0.5) is 23.2 Å². The molecular formula is C13H7Cl2F4NO. The van der Waals surface area contributed by atoms with E-state index in [9.17, 15) is 17.6 Å². The Morgan fingerprint density at radius 2 is 1.62 bits per heavy atom. The highest BCUT2D eigenvalue weighted by molar-refractivity contribution is 6.42. The SMILES string of the molecule is Nc1cc(Cl)c(Cl)cc1Oc1ccc(F)c(C(F)(F)F)c1. The number of nitrogens with two attached hydrogens (primary N) is 1. The molecule has 0 amide bonds. The van der Waals surface area contributed by atoms with Crippen molar-refractivity contribution in [1.82, 2.24) is 0 Å². The highest BCUT2D eigenvalue weighted by atomic mass is 35.5. The van der Waals surface area contributed by atoms with Gasteiger partial charge in [0.1, 0.15) is 11.6 Å². The fraction of sp³-hybridized carbons (Fsp3) is 0.0769. The molecule has 2 N–H and O–H groups in total. The minimum absolute atomic E-state index is 0.0177. The third-order valence-electron chi connectivity index (χ3n) is 2.52. The number of hydrogen-bond donors (Lipinski definition) is 1. The molecule has 0 aliphatic carbocycles. The molecule has 0 aromatic heterocycles. The molecule has 2 aromatic carbocycles. The first-order valence-electron chi connectivity index (χ1n) is 5.47. The van der Waals surface area contributed by atoms with Crippen LogP contribution in [0.5, 0.6) is 11.5 Å². The van der Waals surface area contributed by atoms with Crippen LogP contribution in [0.25, 0.3) is 0 Å². The van der Waals surface area contributed by atoms with Crippen LogP contribution in [0.1, 0.15) is 5.56 Å². The molecule has 0 spiro atoms. The highest BCUT2D eigenvalue weighted by Gasteiger charge is 2.34. The Bertz CT molecular complexity index is 689. The number of rotatable bonds is 2. The smallest absolute Gasteiger partial charge is 0.419 e. The van der Waals surface area contributed by atoms with Crippen LogP contribution in [0.2, 0.25) is 10.0 Å². The number of alkyl halides is 3. The lowest BCUT2D eigenvalue weighted by Gasteiger charge is -2.13. The van der Waals surface area contributed by atoms with Crippen molar-refractivity contribution in [2.45, 2.75) is 6.18 Å². The van der Waals surface area contributed by atoms with E-state index < -0.39 is 17.6 Å². The normalized spacial score (nSPS) is 11.5. The fourth-order valence-electron chi connectivity index (χ4n) is 1.54. The van der Waals surface area contributed by atoms with Gasteiger partial charge in [-0.25, -0.2) is 4.39 Å². The van der Waals surface area contributed by atoms with Gasteiger partial charge in [0.25, 0.3) is 0 Å². The topological polar surface area (TPSA) is 35.2 Å². The van der Waals surface area contributed by atoms with Crippen LogP contribution in [0.15, 0.2) is 30.3 Å². The lowest BCUT2D eigenvalue weighted by atomic mass is 10.2. The lowest BCUT2D eigenvalue weighted by molar-refractivity contribution is -0.140. The van der Waals surface area contributed by atoms with Gasteiger partial charge in [-0.3, -0.25) is 0 Å². The molecule has 112 valence electrons. The summed E-state index contributed by atoms with van der Waals surface area (Å²) < 4.78 is 56.2. The average molecular weight is 340 g/mol. The molecule has 8 heteroatoms. The fourth-order valence-corrected chi connectivity index (χ4v) is 1.87. The number of halogens is 6. The van der Waals surface area contributed by atoms with E-state index in [1.54, 1.807) is 0 Å². The van der Waals surface area contributed by atoms with Gasteiger partial charge in [0.05, 0.1) is 21.3 Å². The maximum atomic E-state index is 13.2. The van der Waals surface area contributed by atoms with Gasteiger partial charge < -0.3 is 10.5 Å². The van der Waals surface area contributed by atoms with Gasteiger partial charge in [0.15, 0.2) is 5.75 Å². The highest BCUT2D eigenvalue weighted by Crippen LogP contribution is 2.38. The van der Waals surface area contributed by atoms with Crippen molar-refractivity contribution in [3.05, 3.63) is 51.8 Å². The molecule has 21 heavy (non-hydrogen) atoms. The molecule has 0 radical (unpaired) electrons. The third kappa shape index (κ3) is 3.51. The first-order chi connectivity index (χ1) is 9.68. The van der Waals surface area contributed by atoms with E-state index in [-0.39, 0.29) is 27.2 Å². The van der Waals surface area contributed by atoms with E-state index in [1.165, 1.54) is 12.1 Å². The van der Waals surface area contributed by atoms with E-state index in [2.05, 4.69) is 0 Å². The van der Waals surface area contributed by atoms with E-state index in [1.807, 2.05) is 0 Å². The van der Waals surface area contributed by atoms with Crippen molar-refractivity contribution in [3.8, 4) is 11.5 Å². The Kier molecular flexibility index (Phi) is 4.20. The Morgan fingerprint density at radius 1 is 1.00 bits per heavy atom. The molecule has 0 aliphatic rings. The molecule has 2 rings (SSSR count). The maximum Gasteiger partial charge on any atom is 0.419 e. The summed E-state index contributed by atoms with van der Waals surface area (Å²) in [4.78, 5) is 0. The number of nitrogen functional groups attached to an aromatic ring is 1. The van der Waals surface area contributed by atoms with Crippen LogP contribution in [0, 0.1) is 5.82 Å². The monoisotopic (exact) mass is 339 g/mol. The zero-order chi connectivity index (χ0) is 15.8. The molecule has 2 nitrogen and oxygen atoms in total. The summed E-state index contributed by atoms with van der Waals surface area (Å²) in [6, 6.07) is 4.80. The van der Waals surface area contributed by atoms with Crippen molar-refractivity contribution in [1.29, 1.82) is 0 Å². The summed E-state index contributed by atoms with van der Waals surface area (Å²) in [5.41, 5.74) is 4.28. The molecule has 0 heterocycles. The Hall–Kier alpha value is -1.66. The molecule has 0 aliphatic heterocycles. The van der Waals surface area contributed by atoms with Crippen LogP contribution in [0.3, 0.4) is 0 Å². The predicted octanol–water partition coefficient (Wildman–Crippen LogP) is 5.53. The molecule has 0 unspecified atom stereocenters. The van der Waals surface area contributed by atoms with Crippen LogP contribution >= 0.6 is 23.2 Å². The maximum absolute atomic E-state index is 13.2. The van der Waals surface area contributed by atoms with Crippen LogP contribution < -0.4 is 10.5 Å². The Balaban J connectivity index is 2.39. The van der Waals surface area contributed by atoms with Crippen molar-refractivity contribution in [2.75, 3.05) is 5.73 Å². The van der Waals surface area contributed by atoms with Crippen molar-refractivity contribution < 1.29 is 22.3 Å². The summed E-state index contributed by atoms with van der Waals surface area (Å²) in [5.74, 6) is -1.60. The first kappa shape index (κ1) is 15.7. The van der Waals surface area contributed by atoms with E-state index in [0.717, 1.165) is 6.07 Å². The Labute approximate surface area is 127 Å². The van der Waals surface area contributed by atoms with Gasteiger partial charge in [-0.05, 0) is 24.3 Å². The Morgan fingerprint density at radius 3 is 2.24 bits per heavy atom. The van der Waals surface area contributed by atoms with Gasteiger partial charge in [0.2, 0.25) is 0 Å². The standard InChI is InChI=1S/C13H7Cl2F4NO/c14-8-4-11(20)12(5-9(8)15)21-6-1-2-10(16)7(3-6)13(17,18)19/h1-5H,20H2. The van der Waals surface area contributed by atoms with E-state index in [4.69, 9.17) is 33.7 Å². The molecule has 0 saturated heterocycles. The predicted molar refractivity (Wildman–Crippen MR) is 72.4 cm³/mol. The lowest BCUT2D eigenvalue weighted by Crippen LogP contribution is -2.08. The molecule has 0 saturated carbocycles. The third-order valence-corrected chi connectivity index (χ3v) is 3.25. The molecule has 0 fully saturated rings. The number of benzene rings is 2. The zero-order valence-corrected chi connectivity index (χ0v) is 11.7. The van der Waals surface area contributed by atoms with Gasteiger partial charge in [-0.2, -0.15) is 13.2 Å². The van der Waals surface area contributed by atoms with E-state index >= 15 is 0 Å². The quantitative estimate of drug-likeness (QED) is 0.577. The van der Waals surface area contributed by atoms with Crippen molar-refractivity contribution in [3.63, 3.8) is 0 Å². The first-order valence-corrected chi connectivity index (χ1v) is 6.23. The summed E-state index contributed by atoms with van der Waals surface area (Å²) in [6.45, 7) is 0. The van der Waals surface area contributed by atoms with E-state index in [0.29, 0.717) is 12.1 Å². The van der Waals surface area contributed by atoms with Gasteiger partial charge in [-0.15, -0.1) is 0 Å². The van der Waals surface area contributed by atoms with Gasteiger partial charge >= 0.3 is 6.18 Å².